The maximum atomic E-state index is 9.95. The quantitative estimate of drug-likeness (QED) is 0.324. The number of rotatable bonds is 8. The molecular formula is C8H14MgO10S2. The Morgan fingerprint density at radius 1 is 0.762 bits per heavy atom. The van der Waals surface area contributed by atoms with Gasteiger partial charge in [-0.15, -0.1) is 0 Å². The fourth-order valence-corrected chi connectivity index (χ4v) is 1.82. The van der Waals surface area contributed by atoms with Crippen LogP contribution in [0, 0.1) is 0 Å². The van der Waals surface area contributed by atoms with E-state index in [1.165, 1.54) is 0 Å². The van der Waals surface area contributed by atoms with E-state index in [2.05, 4.69) is 0 Å². The van der Waals surface area contributed by atoms with E-state index in [-0.39, 0.29) is 48.7 Å². The van der Waals surface area contributed by atoms with Crippen LogP contribution in [0.5, 0.6) is 0 Å². The van der Waals surface area contributed by atoms with Crippen LogP contribution in [0.2, 0.25) is 0 Å². The standard InChI is InChI=1S/2C4H8O5S.Mg/c2*5-4(6)2-1-3-10(7,8)9;/h2*1-3H2,(H,5,6)(H,7,8,9);/q;;+2/p-2. The molecule has 0 heterocycles. The topological polar surface area (TPSA) is 189 Å². The first-order valence-corrected chi connectivity index (χ1v) is 8.35. The van der Waals surface area contributed by atoms with Crippen molar-refractivity contribution in [3.63, 3.8) is 0 Å². The van der Waals surface area contributed by atoms with Crippen LogP contribution in [0.25, 0.3) is 0 Å². The minimum Gasteiger partial charge on any atom is -0.550 e. The van der Waals surface area contributed by atoms with Gasteiger partial charge in [0.05, 0.1) is 11.5 Å². The van der Waals surface area contributed by atoms with Crippen LogP contribution in [0.15, 0.2) is 0 Å². The number of carbonyl (C=O) groups excluding carboxylic acids is 2. The van der Waals surface area contributed by atoms with Crippen molar-refractivity contribution in [2.75, 3.05) is 11.5 Å². The maximum Gasteiger partial charge on any atom is 2.00 e. The van der Waals surface area contributed by atoms with Crippen molar-refractivity contribution >= 4 is 55.2 Å². The maximum absolute atomic E-state index is 9.95. The molecule has 0 spiro atoms. The first kappa shape index (κ1) is 25.5. The van der Waals surface area contributed by atoms with Gasteiger partial charge in [0.1, 0.15) is 0 Å². The number of carboxylic acids is 2. The van der Waals surface area contributed by atoms with Gasteiger partial charge in [0.25, 0.3) is 20.2 Å². The Balaban J connectivity index is -0.000000295. The smallest absolute Gasteiger partial charge is 0.550 e. The summed E-state index contributed by atoms with van der Waals surface area (Å²) in [5.74, 6) is -3.69. The molecule has 13 heteroatoms. The van der Waals surface area contributed by atoms with Crippen molar-refractivity contribution in [1.29, 1.82) is 0 Å². The summed E-state index contributed by atoms with van der Waals surface area (Å²) in [6, 6.07) is 0. The van der Waals surface area contributed by atoms with Crippen LogP contribution in [0.3, 0.4) is 0 Å². The summed E-state index contributed by atoms with van der Waals surface area (Å²) in [6.45, 7) is 0. The molecule has 0 aliphatic carbocycles. The zero-order valence-electron chi connectivity index (χ0n) is 10.9. The molecule has 0 aromatic rings. The molecule has 0 radical (unpaired) electrons. The Morgan fingerprint density at radius 3 is 1.14 bits per heavy atom. The van der Waals surface area contributed by atoms with Gasteiger partial charge in [0, 0.05) is 11.9 Å². The molecule has 0 aliphatic heterocycles. The molecule has 2 N–H and O–H groups in total. The Bertz CT molecular complexity index is 461. The summed E-state index contributed by atoms with van der Waals surface area (Å²) < 4.78 is 56.0. The summed E-state index contributed by atoms with van der Waals surface area (Å²) in [5, 5.41) is 19.4. The van der Waals surface area contributed by atoms with Crippen LogP contribution in [0.4, 0.5) is 0 Å². The number of carbonyl (C=O) groups is 2. The number of aliphatic carboxylic acids is 2. The number of hydrogen-bond acceptors (Lipinski definition) is 8. The van der Waals surface area contributed by atoms with E-state index >= 15 is 0 Å². The Labute approximate surface area is 138 Å². The minimum absolute atomic E-state index is 0. The number of hydrogen-bond donors (Lipinski definition) is 2. The van der Waals surface area contributed by atoms with Crippen LogP contribution in [-0.2, 0) is 29.8 Å². The zero-order chi connectivity index (χ0) is 16.4. The molecule has 10 nitrogen and oxygen atoms in total. The van der Waals surface area contributed by atoms with Crippen LogP contribution < -0.4 is 10.2 Å². The van der Waals surface area contributed by atoms with Gasteiger partial charge in [-0.1, -0.05) is 0 Å². The minimum atomic E-state index is -4.01. The molecule has 21 heavy (non-hydrogen) atoms. The van der Waals surface area contributed by atoms with E-state index in [9.17, 15) is 36.6 Å². The van der Waals surface area contributed by atoms with Crippen LogP contribution in [-0.4, -0.2) is 72.4 Å². The summed E-state index contributed by atoms with van der Waals surface area (Å²) in [6.07, 6.45) is -0.915. The zero-order valence-corrected chi connectivity index (χ0v) is 14.0. The molecule has 0 aliphatic rings. The molecule has 0 aromatic heterocycles. The fraction of sp³-hybridized carbons (Fsp3) is 0.750. The molecule has 0 aromatic carbocycles. The van der Waals surface area contributed by atoms with Gasteiger partial charge in [0.15, 0.2) is 0 Å². The van der Waals surface area contributed by atoms with Gasteiger partial charge >= 0.3 is 23.1 Å². The van der Waals surface area contributed by atoms with Gasteiger partial charge in [-0.25, -0.2) is 0 Å². The van der Waals surface area contributed by atoms with Gasteiger partial charge in [-0.3, -0.25) is 9.11 Å². The van der Waals surface area contributed by atoms with Crippen molar-refractivity contribution in [3.8, 4) is 0 Å². The van der Waals surface area contributed by atoms with Gasteiger partial charge < -0.3 is 19.8 Å². The SMILES string of the molecule is O=C([O-])CCCS(=O)(=O)O.O=C([O-])CCCS(=O)(=O)O.[Mg+2]. The predicted octanol–water partition coefficient (Wildman–Crippen LogP) is -3.57. The van der Waals surface area contributed by atoms with E-state index in [4.69, 9.17) is 9.11 Å². The largest absolute Gasteiger partial charge is 2.00 e. The second kappa shape index (κ2) is 12.1. The third-order valence-electron chi connectivity index (χ3n) is 1.57. The molecule has 0 saturated carbocycles. The van der Waals surface area contributed by atoms with E-state index in [0.717, 1.165) is 0 Å². The summed E-state index contributed by atoms with van der Waals surface area (Å²) in [5.41, 5.74) is 0. The van der Waals surface area contributed by atoms with Gasteiger partial charge in [-0.2, -0.15) is 16.8 Å². The van der Waals surface area contributed by atoms with Crippen molar-refractivity contribution in [2.24, 2.45) is 0 Å². The van der Waals surface area contributed by atoms with Crippen molar-refractivity contribution in [1.82, 2.24) is 0 Å². The van der Waals surface area contributed by atoms with E-state index in [1.54, 1.807) is 0 Å². The Hall–Kier alpha value is -0.474. The summed E-state index contributed by atoms with van der Waals surface area (Å²) >= 11 is 0. The molecule has 0 saturated heterocycles. The second-order valence-electron chi connectivity index (χ2n) is 3.52. The molecule has 0 rings (SSSR count). The van der Waals surface area contributed by atoms with E-state index in [0.29, 0.717) is 0 Å². The average Bonchev–Trinajstić information content (AvgIpc) is 2.12. The normalized spacial score (nSPS) is 10.8. The predicted molar refractivity (Wildman–Crippen MR) is 67.1 cm³/mol. The monoisotopic (exact) mass is 358 g/mol. The molecule has 0 atom stereocenters. The summed E-state index contributed by atoms with van der Waals surface area (Å²) in [7, 11) is -8.02. The first-order valence-electron chi connectivity index (χ1n) is 5.13. The molecular weight excluding hydrogens is 345 g/mol. The molecule has 0 amide bonds. The Morgan fingerprint density at radius 2 is 1.00 bits per heavy atom. The first-order chi connectivity index (χ1) is 8.83. The van der Waals surface area contributed by atoms with E-state index < -0.39 is 43.7 Å². The molecule has 0 bridgehead atoms. The van der Waals surface area contributed by atoms with Crippen molar-refractivity contribution < 1.29 is 45.7 Å². The van der Waals surface area contributed by atoms with Gasteiger partial charge in [0.2, 0.25) is 0 Å². The van der Waals surface area contributed by atoms with Crippen LogP contribution in [0.1, 0.15) is 25.7 Å². The number of carboxylic acid groups (broad SMARTS) is 2. The third-order valence-corrected chi connectivity index (χ3v) is 3.18. The fourth-order valence-electron chi connectivity index (χ4n) is 0.798. The molecule has 0 unspecified atom stereocenters. The van der Waals surface area contributed by atoms with Crippen LogP contribution >= 0.6 is 0 Å². The molecule has 120 valence electrons. The van der Waals surface area contributed by atoms with Crippen molar-refractivity contribution in [3.05, 3.63) is 0 Å². The summed E-state index contributed by atoms with van der Waals surface area (Å²) in [4.78, 5) is 19.4. The van der Waals surface area contributed by atoms with Crippen molar-refractivity contribution in [2.45, 2.75) is 25.7 Å². The third kappa shape index (κ3) is 32.8. The molecule has 0 fully saturated rings. The average molecular weight is 359 g/mol. The Kier molecular flexibility index (Phi) is 14.7. The second-order valence-corrected chi connectivity index (χ2v) is 6.67. The van der Waals surface area contributed by atoms with Gasteiger partial charge in [-0.05, 0) is 25.7 Å². The van der Waals surface area contributed by atoms with E-state index in [1.807, 2.05) is 0 Å².